The molecule has 26 heavy (non-hydrogen) atoms. The third-order valence-electron chi connectivity index (χ3n) is 3.99. The maximum absolute atomic E-state index is 12.7. The molecule has 0 unspecified atom stereocenters. The Hall–Kier alpha value is -2.23. The van der Waals surface area contributed by atoms with E-state index in [1.54, 1.807) is 11.3 Å². The number of imide groups is 1. The highest BCUT2D eigenvalue weighted by atomic mass is 32.2. The van der Waals surface area contributed by atoms with Crippen LogP contribution in [0.1, 0.15) is 17.7 Å². The van der Waals surface area contributed by atoms with Crippen LogP contribution in [-0.2, 0) is 26.0 Å². The van der Waals surface area contributed by atoms with Crippen LogP contribution >= 0.6 is 11.3 Å². The van der Waals surface area contributed by atoms with Crippen molar-refractivity contribution in [1.82, 2.24) is 4.72 Å². The Morgan fingerprint density at radius 3 is 2.54 bits per heavy atom. The minimum absolute atomic E-state index is 0.101. The molecule has 3 rings (SSSR count). The molecule has 1 aliphatic rings. The Kier molecular flexibility index (Phi) is 5.40. The second-order valence-corrected chi connectivity index (χ2v) is 8.45. The number of benzene rings is 1. The Bertz CT molecular complexity index is 907. The number of carbonyl (C=O) groups excluding carboxylic acids is 2. The van der Waals surface area contributed by atoms with Crippen LogP contribution in [0.25, 0.3) is 0 Å². The van der Waals surface area contributed by atoms with Gasteiger partial charge in [0.25, 0.3) is 0 Å². The van der Waals surface area contributed by atoms with Gasteiger partial charge in [0.15, 0.2) is 0 Å². The first-order valence-electron chi connectivity index (χ1n) is 7.98. The van der Waals surface area contributed by atoms with Crippen LogP contribution in [0.5, 0.6) is 5.75 Å². The molecule has 1 aliphatic heterocycles. The monoisotopic (exact) mass is 394 g/mol. The number of rotatable bonds is 7. The summed E-state index contributed by atoms with van der Waals surface area (Å²) < 4.78 is 33.1. The number of carbonyl (C=O) groups is 2. The van der Waals surface area contributed by atoms with Gasteiger partial charge in [0.2, 0.25) is 21.8 Å². The van der Waals surface area contributed by atoms with Gasteiger partial charge in [-0.25, -0.2) is 13.1 Å². The smallest absolute Gasteiger partial charge is 0.244 e. The molecule has 1 aromatic heterocycles. The molecule has 0 spiro atoms. The molecule has 7 nitrogen and oxygen atoms in total. The third kappa shape index (κ3) is 3.79. The second-order valence-electron chi connectivity index (χ2n) is 5.69. The summed E-state index contributed by atoms with van der Waals surface area (Å²) >= 11 is 1.56. The number of amides is 2. The molecule has 1 N–H and O–H groups in total. The van der Waals surface area contributed by atoms with E-state index in [0.29, 0.717) is 6.42 Å². The zero-order valence-electron chi connectivity index (χ0n) is 14.1. The SMILES string of the molecule is COc1ccc(N2C(=O)CCC2=O)cc1S(=O)(=O)NCCc1cccs1. The van der Waals surface area contributed by atoms with Crippen LogP contribution in [0.4, 0.5) is 5.69 Å². The van der Waals surface area contributed by atoms with Crippen LogP contribution < -0.4 is 14.4 Å². The van der Waals surface area contributed by atoms with Crippen molar-refractivity contribution >= 4 is 38.9 Å². The maximum Gasteiger partial charge on any atom is 0.244 e. The van der Waals surface area contributed by atoms with Gasteiger partial charge in [0, 0.05) is 24.3 Å². The Morgan fingerprint density at radius 2 is 1.92 bits per heavy atom. The first-order chi connectivity index (χ1) is 12.4. The molecule has 0 aliphatic carbocycles. The van der Waals surface area contributed by atoms with E-state index in [1.165, 1.54) is 25.3 Å². The van der Waals surface area contributed by atoms with E-state index in [-0.39, 0.29) is 47.5 Å². The van der Waals surface area contributed by atoms with E-state index >= 15 is 0 Å². The molecule has 138 valence electrons. The first-order valence-corrected chi connectivity index (χ1v) is 10.3. The predicted molar refractivity (Wildman–Crippen MR) is 97.9 cm³/mol. The fourth-order valence-electron chi connectivity index (χ4n) is 2.72. The molecule has 2 aromatic rings. The molecule has 0 bridgehead atoms. The zero-order valence-corrected chi connectivity index (χ0v) is 15.7. The topological polar surface area (TPSA) is 92.8 Å². The molecular formula is C17H18N2O5S2. The lowest BCUT2D eigenvalue weighted by Gasteiger charge is -2.17. The van der Waals surface area contributed by atoms with Crippen LogP contribution in [0.15, 0.2) is 40.6 Å². The quantitative estimate of drug-likeness (QED) is 0.725. The van der Waals surface area contributed by atoms with Crippen molar-refractivity contribution in [3.05, 3.63) is 40.6 Å². The summed E-state index contributed by atoms with van der Waals surface area (Å²) in [6, 6.07) is 8.09. The van der Waals surface area contributed by atoms with E-state index in [4.69, 9.17) is 4.74 Å². The fourth-order valence-corrected chi connectivity index (χ4v) is 4.65. The van der Waals surface area contributed by atoms with Crippen LogP contribution in [0, 0.1) is 0 Å². The minimum Gasteiger partial charge on any atom is -0.495 e. The van der Waals surface area contributed by atoms with Gasteiger partial charge in [-0.2, -0.15) is 0 Å². The van der Waals surface area contributed by atoms with Gasteiger partial charge in [0.1, 0.15) is 10.6 Å². The van der Waals surface area contributed by atoms with Gasteiger partial charge < -0.3 is 4.74 Å². The molecule has 1 saturated heterocycles. The largest absolute Gasteiger partial charge is 0.495 e. The summed E-state index contributed by atoms with van der Waals surface area (Å²) in [4.78, 5) is 25.8. The highest BCUT2D eigenvalue weighted by molar-refractivity contribution is 7.89. The number of sulfonamides is 1. The Labute approximate surface area is 155 Å². The summed E-state index contributed by atoms with van der Waals surface area (Å²) in [6.07, 6.45) is 0.833. The van der Waals surface area contributed by atoms with Crippen LogP contribution in [0.2, 0.25) is 0 Å². The summed E-state index contributed by atoms with van der Waals surface area (Å²) in [5.41, 5.74) is 0.233. The lowest BCUT2D eigenvalue weighted by atomic mass is 10.2. The highest BCUT2D eigenvalue weighted by Gasteiger charge is 2.32. The number of thiophene rings is 1. The third-order valence-corrected chi connectivity index (χ3v) is 6.41. The molecular weight excluding hydrogens is 376 g/mol. The van der Waals surface area contributed by atoms with Crippen molar-refractivity contribution in [2.24, 2.45) is 0 Å². The highest BCUT2D eigenvalue weighted by Crippen LogP contribution is 2.31. The summed E-state index contributed by atoms with van der Waals surface area (Å²) in [5, 5.41) is 1.93. The van der Waals surface area contributed by atoms with Crippen LogP contribution in [0.3, 0.4) is 0 Å². The predicted octanol–water partition coefficient (Wildman–Crippen LogP) is 1.93. The van der Waals surface area contributed by atoms with Gasteiger partial charge >= 0.3 is 0 Å². The van der Waals surface area contributed by atoms with Crippen molar-refractivity contribution in [3.63, 3.8) is 0 Å². The standard InChI is InChI=1S/C17H18N2O5S2/c1-24-14-5-4-12(19-16(20)6-7-17(19)21)11-15(14)26(22,23)18-9-8-13-3-2-10-25-13/h2-5,10-11,18H,6-9H2,1H3. The van der Waals surface area contributed by atoms with Gasteiger partial charge in [-0.3, -0.25) is 14.5 Å². The number of anilines is 1. The number of hydrogen-bond donors (Lipinski definition) is 1. The fraction of sp³-hybridized carbons (Fsp3) is 0.294. The van der Waals surface area contributed by atoms with Crippen LogP contribution in [-0.4, -0.2) is 33.9 Å². The molecule has 9 heteroatoms. The molecule has 2 heterocycles. The van der Waals surface area contributed by atoms with Gasteiger partial charge in [-0.15, -0.1) is 11.3 Å². The second kappa shape index (κ2) is 7.56. The maximum atomic E-state index is 12.7. The van der Waals surface area contributed by atoms with Gasteiger partial charge in [-0.05, 0) is 36.1 Å². The number of ether oxygens (including phenoxy) is 1. The summed E-state index contributed by atoms with van der Waals surface area (Å²) in [5.74, 6) is -0.528. The molecule has 2 amide bonds. The van der Waals surface area contributed by atoms with Crippen molar-refractivity contribution in [1.29, 1.82) is 0 Å². The summed E-state index contributed by atoms with van der Waals surface area (Å²) in [7, 11) is -2.50. The zero-order chi connectivity index (χ0) is 18.7. The lowest BCUT2D eigenvalue weighted by Crippen LogP contribution is -2.30. The average molecular weight is 394 g/mol. The molecule has 0 radical (unpaired) electrons. The lowest BCUT2D eigenvalue weighted by molar-refractivity contribution is -0.121. The molecule has 1 aromatic carbocycles. The minimum atomic E-state index is -3.86. The Balaban J connectivity index is 1.85. The van der Waals surface area contributed by atoms with Crippen molar-refractivity contribution in [2.45, 2.75) is 24.2 Å². The van der Waals surface area contributed by atoms with E-state index in [0.717, 1.165) is 9.78 Å². The first kappa shape index (κ1) is 18.6. The number of nitrogens with zero attached hydrogens (tertiary/aromatic N) is 1. The van der Waals surface area contributed by atoms with E-state index in [9.17, 15) is 18.0 Å². The van der Waals surface area contributed by atoms with Crippen molar-refractivity contribution in [2.75, 3.05) is 18.6 Å². The number of methoxy groups -OCH3 is 1. The molecule has 0 saturated carbocycles. The number of hydrogen-bond acceptors (Lipinski definition) is 6. The normalized spacial score (nSPS) is 14.9. The van der Waals surface area contributed by atoms with E-state index in [1.807, 2.05) is 17.5 Å². The molecule has 1 fully saturated rings. The Morgan fingerprint density at radius 1 is 1.19 bits per heavy atom. The molecule has 0 atom stereocenters. The number of nitrogens with one attached hydrogen (secondary N) is 1. The van der Waals surface area contributed by atoms with Crippen molar-refractivity contribution in [3.8, 4) is 5.75 Å². The van der Waals surface area contributed by atoms with Gasteiger partial charge in [0.05, 0.1) is 12.8 Å². The van der Waals surface area contributed by atoms with E-state index in [2.05, 4.69) is 4.72 Å². The van der Waals surface area contributed by atoms with Gasteiger partial charge in [-0.1, -0.05) is 6.07 Å². The van der Waals surface area contributed by atoms with E-state index < -0.39 is 10.0 Å². The van der Waals surface area contributed by atoms with Crippen molar-refractivity contribution < 1.29 is 22.7 Å². The average Bonchev–Trinajstić information content (AvgIpc) is 3.24. The summed E-state index contributed by atoms with van der Waals surface area (Å²) in [6.45, 7) is 0.234.